The predicted molar refractivity (Wildman–Crippen MR) is 101 cm³/mol. The van der Waals surface area contributed by atoms with E-state index in [-0.39, 0.29) is 42.7 Å². The number of halogens is 2. The lowest BCUT2D eigenvalue weighted by molar-refractivity contribution is 0.0930. The Morgan fingerprint density at radius 1 is 1.33 bits per heavy atom. The molecule has 1 aromatic carbocycles. The molecule has 24 heavy (non-hydrogen) atoms. The zero-order valence-electron chi connectivity index (χ0n) is 13.2. The second-order valence-corrected chi connectivity index (χ2v) is 6.49. The third-order valence-corrected chi connectivity index (χ3v) is 5.06. The van der Waals surface area contributed by atoms with E-state index < -0.39 is 0 Å². The van der Waals surface area contributed by atoms with Gasteiger partial charge in [0.15, 0.2) is 0 Å². The summed E-state index contributed by atoms with van der Waals surface area (Å²) in [6.07, 6.45) is -0.386. The number of aryl methyl sites for hydroxylation is 1. The van der Waals surface area contributed by atoms with Crippen LogP contribution in [0.1, 0.15) is 15.4 Å². The first-order chi connectivity index (χ1) is 10.6. The minimum absolute atomic E-state index is 0. The zero-order chi connectivity index (χ0) is 15.5. The van der Waals surface area contributed by atoms with Crippen LogP contribution < -0.4 is 10.6 Å². The number of β-amino-alcohol motifs (C(OH)–C–C–N with tert-alkyl or cyclic N) is 1. The fourth-order valence-corrected chi connectivity index (χ4v) is 3.53. The van der Waals surface area contributed by atoms with Crippen molar-refractivity contribution in [1.82, 2.24) is 15.6 Å². The highest BCUT2D eigenvalue weighted by atomic mass is 35.5. The van der Waals surface area contributed by atoms with E-state index in [1.54, 1.807) is 0 Å². The average molecular weight is 390 g/mol. The highest BCUT2D eigenvalue weighted by Gasteiger charge is 2.26. The molecule has 1 saturated heterocycles. The van der Waals surface area contributed by atoms with Gasteiger partial charge in [-0.1, -0.05) is 30.3 Å². The fourth-order valence-electron chi connectivity index (χ4n) is 2.54. The van der Waals surface area contributed by atoms with E-state index in [1.165, 1.54) is 11.3 Å². The number of aliphatic hydroxyl groups excluding tert-OH is 1. The molecule has 1 aliphatic rings. The number of amides is 1. The molecule has 1 fully saturated rings. The smallest absolute Gasteiger partial charge is 0.263 e. The molecule has 132 valence electrons. The molecule has 2 heterocycles. The Morgan fingerprint density at radius 2 is 2.04 bits per heavy atom. The molecule has 8 heteroatoms. The van der Waals surface area contributed by atoms with Crippen LogP contribution in [0.4, 0.5) is 0 Å². The summed E-state index contributed by atoms with van der Waals surface area (Å²) >= 11 is 1.40. The number of carbonyl (C=O) groups is 1. The van der Waals surface area contributed by atoms with Crippen LogP contribution in [0.5, 0.6) is 0 Å². The van der Waals surface area contributed by atoms with Crippen molar-refractivity contribution in [1.29, 1.82) is 0 Å². The summed E-state index contributed by atoms with van der Waals surface area (Å²) in [5.41, 5.74) is 1.76. The number of hydrogen-bond acceptors (Lipinski definition) is 5. The summed E-state index contributed by atoms with van der Waals surface area (Å²) in [4.78, 5) is 17.5. The molecule has 2 atom stereocenters. The van der Waals surface area contributed by atoms with Crippen molar-refractivity contribution in [2.24, 2.45) is 5.92 Å². The second kappa shape index (κ2) is 9.34. The number of benzene rings is 1. The topological polar surface area (TPSA) is 74.2 Å². The normalized spacial score (nSPS) is 19.2. The number of thiazole rings is 1. The van der Waals surface area contributed by atoms with Crippen molar-refractivity contribution in [3.05, 3.63) is 40.9 Å². The molecule has 1 aromatic heterocycles. The standard InChI is InChI=1S/C16H19N3O2S.2ClH/c1-10-14(15(21)18-8-12-7-17-9-13(12)20)22-16(19-10)11-5-3-2-4-6-11;;/h2-6,12-13,17,20H,7-9H2,1H3,(H,18,21);2*1H. The Kier molecular flexibility index (Phi) is 8.12. The molecule has 3 rings (SSSR count). The van der Waals surface area contributed by atoms with Crippen molar-refractivity contribution in [2.75, 3.05) is 19.6 Å². The van der Waals surface area contributed by atoms with E-state index in [0.717, 1.165) is 22.8 Å². The van der Waals surface area contributed by atoms with Gasteiger partial charge in [0.1, 0.15) is 9.88 Å². The van der Waals surface area contributed by atoms with Crippen LogP contribution in [0.15, 0.2) is 30.3 Å². The molecule has 3 N–H and O–H groups in total. The van der Waals surface area contributed by atoms with Gasteiger partial charge < -0.3 is 15.7 Å². The lowest BCUT2D eigenvalue weighted by Gasteiger charge is -2.13. The molecular formula is C16H21Cl2N3O2S. The van der Waals surface area contributed by atoms with E-state index in [0.29, 0.717) is 18.0 Å². The number of nitrogens with zero attached hydrogens (tertiary/aromatic N) is 1. The summed E-state index contributed by atoms with van der Waals surface area (Å²) in [7, 11) is 0. The van der Waals surface area contributed by atoms with Crippen molar-refractivity contribution < 1.29 is 9.90 Å². The monoisotopic (exact) mass is 389 g/mol. The molecule has 2 aromatic rings. The van der Waals surface area contributed by atoms with E-state index in [1.807, 2.05) is 37.3 Å². The highest BCUT2D eigenvalue weighted by Crippen LogP contribution is 2.27. The summed E-state index contributed by atoms with van der Waals surface area (Å²) in [6.45, 7) is 3.66. The maximum Gasteiger partial charge on any atom is 0.263 e. The quantitative estimate of drug-likeness (QED) is 0.749. The van der Waals surface area contributed by atoms with E-state index in [4.69, 9.17) is 0 Å². The number of carbonyl (C=O) groups excluding carboxylic acids is 1. The van der Waals surface area contributed by atoms with Gasteiger partial charge in [0.25, 0.3) is 5.91 Å². The van der Waals surface area contributed by atoms with Crippen LogP contribution in [0.2, 0.25) is 0 Å². The molecule has 5 nitrogen and oxygen atoms in total. The minimum atomic E-state index is -0.386. The Morgan fingerprint density at radius 3 is 2.67 bits per heavy atom. The van der Waals surface area contributed by atoms with Gasteiger partial charge >= 0.3 is 0 Å². The summed E-state index contributed by atoms with van der Waals surface area (Å²) in [5.74, 6) is -0.0398. The Labute approximate surface area is 157 Å². The van der Waals surface area contributed by atoms with Gasteiger partial charge in [0, 0.05) is 31.1 Å². The first-order valence-electron chi connectivity index (χ1n) is 7.35. The largest absolute Gasteiger partial charge is 0.391 e. The van der Waals surface area contributed by atoms with Crippen molar-refractivity contribution in [2.45, 2.75) is 13.0 Å². The first kappa shape index (κ1) is 20.9. The van der Waals surface area contributed by atoms with Crippen LogP contribution in [-0.4, -0.2) is 41.7 Å². The third kappa shape index (κ3) is 4.68. The molecule has 0 bridgehead atoms. The van der Waals surface area contributed by atoms with Gasteiger partial charge in [-0.25, -0.2) is 4.98 Å². The second-order valence-electron chi connectivity index (χ2n) is 5.50. The average Bonchev–Trinajstić information content (AvgIpc) is 3.12. The highest BCUT2D eigenvalue weighted by molar-refractivity contribution is 7.17. The molecule has 0 saturated carbocycles. The van der Waals surface area contributed by atoms with Crippen LogP contribution >= 0.6 is 36.2 Å². The minimum Gasteiger partial charge on any atom is -0.391 e. The van der Waals surface area contributed by atoms with Crippen molar-refractivity contribution in [3.63, 3.8) is 0 Å². The molecule has 2 unspecified atom stereocenters. The van der Waals surface area contributed by atoms with Crippen molar-refractivity contribution in [3.8, 4) is 10.6 Å². The van der Waals surface area contributed by atoms with Crippen LogP contribution in [-0.2, 0) is 0 Å². The molecular weight excluding hydrogens is 369 g/mol. The molecule has 1 aliphatic heterocycles. The summed E-state index contributed by atoms with van der Waals surface area (Å²) < 4.78 is 0. The Hall–Kier alpha value is -1.18. The molecule has 0 radical (unpaired) electrons. The maximum absolute atomic E-state index is 12.3. The SMILES string of the molecule is Cc1nc(-c2ccccc2)sc1C(=O)NCC1CNCC1O.Cl.Cl. The number of nitrogens with one attached hydrogen (secondary N) is 2. The van der Waals surface area contributed by atoms with Gasteiger partial charge in [-0.15, -0.1) is 36.2 Å². The van der Waals surface area contributed by atoms with Gasteiger partial charge in [-0.3, -0.25) is 4.79 Å². The van der Waals surface area contributed by atoms with E-state index in [9.17, 15) is 9.90 Å². The van der Waals surface area contributed by atoms with Crippen LogP contribution in [0.3, 0.4) is 0 Å². The number of hydrogen-bond donors (Lipinski definition) is 3. The first-order valence-corrected chi connectivity index (χ1v) is 8.16. The number of rotatable bonds is 4. The van der Waals surface area contributed by atoms with E-state index >= 15 is 0 Å². The summed E-state index contributed by atoms with van der Waals surface area (Å²) in [6, 6.07) is 9.85. The van der Waals surface area contributed by atoms with Gasteiger partial charge in [0.2, 0.25) is 0 Å². The molecule has 0 spiro atoms. The fraction of sp³-hybridized carbons (Fsp3) is 0.375. The molecule has 0 aliphatic carbocycles. The maximum atomic E-state index is 12.3. The van der Waals surface area contributed by atoms with Gasteiger partial charge in [-0.05, 0) is 6.92 Å². The lowest BCUT2D eigenvalue weighted by atomic mass is 10.1. The number of aliphatic hydroxyl groups is 1. The van der Waals surface area contributed by atoms with Gasteiger partial charge in [0.05, 0.1) is 11.8 Å². The van der Waals surface area contributed by atoms with E-state index in [2.05, 4.69) is 15.6 Å². The van der Waals surface area contributed by atoms with Gasteiger partial charge in [-0.2, -0.15) is 0 Å². The van der Waals surface area contributed by atoms with Crippen LogP contribution in [0, 0.1) is 12.8 Å². The Balaban J connectivity index is 0.00000144. The Bertz CT molecular complexity index is 667. The summed E-state index contributed by atoms with van der Waals surface area (Å²) in [5, 5.41) is 16.6. The number of aromatic nitrogens is 1. The third-order valence-electron chi connectivity index (χ3n) is 3.85. The molecule has 1 amide bonds. The predicted octanol–water partition coefficient (Wildman–Crippen LogP) is 2.27. The zero-order valence-corrected chi connectivity index (χ0v) is 15.6. The van der Waals surface area contributed by atoms with Crippen molar-refractivity contribution >= 4 is 42.1 Å². The lowest BCUT2D eigenvalue weighted by Crippen LogP contribution is -2.34. The van der Waals surface area contributed by atoms with Crippen LogP contribution in [0.25, 0.3) is 10.6 Å².